The number of hydrogen-bond acceptors (Lipinski definition) is 5. The summed E-state index contributed by atoms with van der Waals surface area (Å²) in [4.78, 5) is 0. The van der Waals surface area contributed by atoms with Gasteiger partial charge in [-0.2, -0.15) is 0 Å². The summed E-state index contributed by atoms with van der Waals surface area (Å²) in [5, 5.41) is 18.3. The molecule has 1 heterocycles. The van der Waals surface area contributed by atoms with E-state index in [0.29, 0.717) is 0 Å². The summed E-state index contributed by atoms with van der Waals surface area (Å²) in [6.45, 7) is 7.13. The van der Waals surface area contributed by atoms with Gasteiger partial charge >= 0.3 is 14.2 Å². The zero-order valence-electron chi connectivity index (χ0n) is 13.1. The van der Waals surface area contributed by atoms with Crippen LogP contribution in [0, 0.1) is 11.6 Å². The Morgan fingerprint density at radius 3 is 2.00 bits per heavy atom. The molecule has 2 rings (SSSR count). The monoisotopic (exact) mass is 314 g/mol. The number of benzene rings is 1. The normalized spacial score (nSPS) is 19.4. The highest BCUT2D eigenvalue weighted by atomic mass is 19.2. The topological polar surface area (TPSA) is 68.2 Å². The van der Waals surface area contributed by atoms with Crippen LogP contribution in [0.3, 0.4) is 0 Å². The first-order chi connectivity index (χ1) is 10.0. The number of hydrogen-bond donors (Lipinski definition) is 2. The quantitative estimate of drug-likeness (QED) is 0.766. The number of rotatable bonds is 3. The van der Waals surface area contributed by atoms with Crippen molar-refractivity contribution < 1.29 is 32.9 Å². The van der Waals surface area contributed by atoms with Gasteiger partial charge in [0.15, 0.2) is 11.6 Å². The van der Waals surface area contributed by atoms with Gasteiger partial charge in [0.25, 0.3) is 0 Å². The Labute approximate surface area is 128 Å². The van der Waals surface area contributed by atoms with Crippen LogP contribution in [-0.2, 0) is 9.31 Å². The van der Waals surface area contributed by atoms with Crippen molar-refractivity contribution in [2.45, 2.75) is 38.9 Å². The summed E-state index contributed by atoms with van der Waals surface area (Å²) >= 11 is 0. The molecule has 0 unspecified atom stereocenters. The van der Waals surface area contributed by atoms with Gasteiger partial charge in [0.05, 0.1) is 23.8 Å². The summed E-state index contributed by atoms with van der Waals surface area (Å²) in [7, 11) is -2.11. The predicted molar refractivity (Wildman–Crippen MR) is 78.5 cm³/mol. The molecule has 0 saturated carbocycles. The van der Waals surface area contributed by atoms with Crippen LogP contribution in [0.15, 0.2) is 6.07 Å². The summed E-state index contributed by atoms with van der Waals surface area (Å²) in [5.74, 6) is -2.86. The van der Waals surface area contributed by atoms with Crippen molar-refractivity contribution in [1.82, 2.24) is 0 Å². The molecule has 2 N–H and O–H groups in total. The van der Waals surface area contributed by atoms with Crippen LogP contribution < -0.4 is 15.7 Å². The van der Waals surface area contributed by atoms with Crippen molar-refractivity contribution in [1.29, 1.82) is 0 Å². The van der Waals surface area contributed by atoms with E-state index in [1.54, 1.807) is 27.7 Å². The lowest BCUT2D eigenvalue weighted by molar-refractivity contribution is 0.00578. The van der Waals surface area contributed by atoms with Gasteiger partial charge in [0, 0.05) is 5.46 Å². The van der Waals surface area contributed by atoms with E-state index in [1.165, 1.54) is 7.11 Å². The van der Waals surface area contributed by atoms with Crippen molar-refractivity contribution >= 4 is 25.2 Å². The first-order valence-corrected chi connectivity index (χ1v) is 6.79. The van der Waals surface area contributed by atoms with E-state index in [1.807, 2.05) is 0 Å². The second kappa shape index (κ2) is 5.49. The Morgan fingerprint density at radius 1 is 1.09 bits per heavy atom. The Kier molecular flexibility index (Phi) is 4.29. The van der Waals surface area contributed by atoms with Crippen LogP contribution in [0.25, 0.3) is 0 Å². The third-order valence-corrected chi connectivity index (χ3v) is 4.22. The Bertz CT molecular complexity index is 576. The van der Waals surface area contributed by atoms with Crippen LogP contribution in [0.4, 0.5) is 8.78 Å². The van der Waals surface area contributed by atoms with Gasteiger partial charge in [0.2, 0.25) is 0 Å². The highest BCUT2D eigenvalue weighted by molar-refractivity contribution is 6.63. The fraction of sp³-hybridized carbons (Fsp3) is 0.538. The van der Waals surface area contributed by atoms with E-state index < -0.39 is 42.5 Å². The lowest BCUT2D eigenvalue weighted by Crippen LogP contribution is -2.42. The summed E-state index contributed by atoms with van der Waals surface area (Å²) in [6, 6.07) is 1.15. The van der Waals surface area contributed by atoms with Crippen LogP contribution in [0.5, 0.6) is 5.75 Å². The molecule has 0 radical (unpaired) electrons. The lowest BCUT2D eigenvalue weighted by atomic mass is 9.72. The minimum absolute atomic E-state index is 0.196. The predicted octanol–water partition coefficient (Wildman–Crippen LogP) is -0.0476. The molecule has 5 nitrogen and oxygen atoms in total. The minimum Gasteiger partial charge on any atom is -0.497 e. The molecule has 120 valence electrons. The Balaban J connectivity index is 2.52. The summed E-state index contributed by atoms with van der Waals surface area (Å²) in [5.41, 5.74) is -2.30. The number of halogens is 2. The molecule has 0 spiro atoms. The molecule has 0 bridgehead atoms. The van der Waals surface area contributed by atoms with Gasteiger partial charge in [-0.1, -0.05) is 0 Å². The maximum absolute atomic E-state index is 14.3. The van der Waals surface area contributed by atoms with Gasteiger partial charge in [-0.15, -0.1) is 0 Å². The average Bonchev–Trinajstić information content (AvgIpc) is 2.60. The van der Waals surface area contributed by atoms with Crippen molar-refractivity contribution in [3.8, 4) is 5.75 Å². The molecular formula is C13H18B2F2O5. The third-order valence-electron chi connectivity index (χ3n) is 4.22. The van der Waals surface area contributed by atoms with Gasteiger partial charge in [-0.3, -0.25) is 0 Å². The first kappa shape index (κ1) is 17.2. The van der Waals surface area contributed by atoms with E-state index >= 15 is 0 Å². The molecule has 9 heteroatoms. The largest absolute Gasteiger partial charge is 0.498 e. The molecule has 1 aliphatic heterocycles. The van der Waals surface area contributed by atoms with Crippen LogP contribution in [0.1, 0.15) is 27.7 Å². The summed E-state index contributed by atoms with van der Waals surface area (Å²) in [6.07, 6.45) is 0. The highest BCUT2D eigenvalue weighted by Crippen LogP contribution is 2.36. The zero-order valence-corrected chi connectivity index (χ0v) is 13.1. The Morgan fingerprint density at radius 2 is 1.59 bits per heavy atom. The second-order valence-electron chi connectivity index (χ2n) is 6.17. The van der Waals surface area contributed by atoms with Gasteiger partial charge in [-0.05, 0) is 33.8 Å². The van der Waals surface area contributed by atoms with Crippen LogP contribution >= 0.6 is 0 Å². The molecule has 1 aromatic rings. The lowest BCUT2D eigenvalue weighted by Gasteiger charge is -2.32. The maximum atomic E-state index is 14.3. The standard InChI is InChI=1S/C13H18B2F2O5/c1-12(2)13(3,4)22-15(21-12)7-6-8(20-5)9(14(18)19)11(17)10(7)16/h6,18-19H,1-5H3. The number of methoxy groups -OCH3 is 1. The van der Waals surface area contributed by atoms with Crippen molar-refractivity contribution in [2.75, 3.05) is 7.11 Å². The van der Waals surface area contributed by atoms with E-state index in [0.717, 1.165) is 6.07 Å². The van der Waals surface area contributed by atoms with Gasteiger partial charge in [-0.25, -0.2) is 8.78 Å². The fourth-order valence-corrected chi connectivity index (χ4v) is 2.19. The minimum atomic E-state index is -2.20. The van der Waals surface area contributed by atoms with E-state index in [2.05, 4.69) is 0 Å². The fourth-order valence-electron chi connectivity index (χ4n) is 2.19. The zero-order chi connectivity index (χ0) is 16.9. The second-order valence-corrected chi connectivity index (χ2v) is 6.17. The van der Waals surface area contributed by atoms with Gasteiger partial charge in [0.1, 0.15) is 5.75 Å². The third kappa shape index (κ3) is 2.62. The van der Waals surface area contributed by atoms with Crippen molar-refractivity contribution in [2.24, 2.45) is 0 Å². The molecule has 1 aromatic carbocycles. The number of ether oxygens (including phenoxy) is 1. The SMILES string of the molecule is COc1cc(B2OC(C)(C)C(C)(C)O2)c(F)c(F)c1B(O)O. The highest BCUT2D eigenvalue weighted by Gasteiger charge is 2.53. The maximum Gasteiger partial charge on any atom is 0.498 e. The molecule has 0 aliphatic carbocycles. The molecule has 0 aromatic heterocycles. The van der Waals surface area contributed by atoms with E-state index in [9.17, 15) is 8.78 Å². The average molecular weight is 314 g/mol. The molecule has 1 fully saturated rings. The smallest absolute Gasteiger partial charge is 0.497 e. The van der Waals surface area contributed by atoms with Crippen molar-refractivity contribution in [3.05, 3.63) is 17.7 Å². The van der Waals surface area contributed by atoms with E-state index in [4.69, 9.17) is 24.1 Å². The van der Waals surface area contributed by atoms with Gasteiger partial charge < -0.3 is 24.1 Å². The van der Waals surface area contributed by atoms with Crippen molar-refractivity contribution in [3.63, 3.8) is 0 Å². The molecule has 1 aliphatic rings. The molecule has 0 amide bonds. The molecule has 0 atom stereocenters. The summed E-state index contributed by atoms with van der Waals surface area (Å²) < 4.78 is 44.7. The van der Waals surface area contributed by atoms with Crippen LogP contribution in [0.2, 0.25) is 0 Å². The van der Waals surface area contributed by atoms with E-state index in [-0.39, 0.29) is 11.2 Å². The molecule has 22 heavy (non-hydrogen) atoms. The first-order valence-electron chi connectivity index (χ1n) is 6.79. The molecular weight excluding hydrogens is 296 g/mol. The molecule has 1 saturated heterocycles. The van der Waals surface area contributed by atoms with Crippen LogP contribution in [-0.4, -0.2) is 42.6 Å². The Hall–Kier alpha value is -1.15.